The number of benzene rings is 10. The zero-order chi connectivity index (χ0) is 45.9. The molecule has 5 nitrogen and oxygen atoms in total. The Morgan fingerprint density at radius 3 is 1.81 bits per heavy atom. The van der Waals surface area contributed by atoms with E-state index in [0.29, 0.717) is 17.5 Å². The van der Waals surface area contributed by atoms with Crippen molar-refractivity contribution in [3.63, 3.8) is 0 Å². The summed E-state index contributed by atoms with van der Waals surface area (Å²) < 4.78 is 13.8. The smallest absolute Gasteiger partial charge is 0.165 e. The van der Waals surface area contributed by atoms with Gasteiger partial charge >= 0.3 is 0 Å². The number of hydrogen-bond acceptors (Lipinski definition) is 6. The van der Waals surface area contributed by atoms with Crippen LogP contribution in [0.5, 0.6) is 0 Å². The van der Waals surface area contributed by atoms with Gasteiger partial charge < -0.3 is 8.98 Å². The maximum Gasteiger partial charge on any atom is 0.165 e. The van der Waals surface area contributed by atoms with Crippen molar-refractivity contribution in [2.24, 2.45) is 0 Å². The van der Waals surface area contributed by atoms with E-state index in [4.69, 9.17) is 19.4 Å². The first-order chi connectivity index (χ1) is 34.7. The molecule has 0 atom stereocenters. The van der Waals surface area contributed by atoms with Crippen molar-refractivity contribution >= 4 is 107 Å². The monoisotopic (exact) mass is 928 g/mol. The Hall–Kier alpha value is -8.75. The molecular formula is C63H36N4OS2. The first kappa shape index (κ1) is 39.3. The molecule has 0 bridgehead atoms. The van der Waals surface area contributed by atoms with E-state index >= 15 is 0 Å². The van der Waals surface area contributed by atoms with Crippen LogP contribution in [0.3, 0.4) is 0 Å². The Morgan fingerprint density at radius 2 is 0.943 bits per heavy atom. The molecular weight excluding hydrogens is 893 g/mol. The number of rotatable bonds is 6. The minimum absolute atomic E-state index is 0.652. The highest BCUT2D eigenvalue weighted by atomic mass is 32.1. The van der Waals surface area contributed by atoms with Gasteiger partial charge in [0.05, 0.1) is 11.0 Å². The molecule has 15 rings (SSSR count). The highest BCUT2D eigenvalue weighted by molar-refractivity contribution is 7.26. The van der Waals surface area contributed by atoms with Gasteiger partial charge in [-0.05, 0) is 95.1 Å². The third-order valence-corrected chi connectivity index (χ3v) is 16.2. The van der Waals surface area contributed by atoms with Gasteiger partial charge in [-0.25, -0.2) is 15.0 Å². The Kier molecular flexibility index (Phi) is 8.63. The van der Waals surface area contributed by atoms with Crippen LogP contribution >= 0.6 is 22.7 Å². The molecule has 5 heterocycles. The largest absolute Gasteiger partial charge is 0.456 e. The van der Waals surface area contributed by atoms with Crippen LogP contribution in [0, 0.1) is 0 Å². The molecule has 0 spiro atoms. The number of thiophene rings is 2. The molecule has 0 fully saturated rings. The van der Waals surface area contributed by atoms with Gasteiger partial charge in [0.2, 0.25) is 0 Å². The van der Waals surface area contributed by atoms with Gasteiger partial charge in [0, 0.05) is 84.3 Å². The molecule has 0 aliphatic heterocycles. The van der Waals surface area contributed by atoms with Gasteiger partial charge in [-0.15, -0.1) is 22.7 Å². The molecule has 0 amide bonds. The van der Waals surface area contributed by atoms with Gasteiger partial charge in [0.15, 0.2) is 17.5 Å². The Bertz CT molecular complexity index is 4600. The summed E-state index contributed by atoms with van der Waals surface area (Å²) in [4.78, 5) is 15.7. The Balaban J connectivity index is 0.812. The second kappa shape index (κ2) is 15.4. The molecule has 70 heavy (non-hydrogen) atoms. The summed E-state index contributed by atoms with van der Waals surface area (Å²) in [5.41, 5.74) is 12.8. The lowest BCUT2D eigenvalue weighted by Gasteiger charge is -2.10. The first-order valence-corrected chi connectivity index (χ1v) is 25.0. The quantitative estimate of drug-likeness (QED) is 0.167. The van der Waals surface area contributed by atoms with E-state index in [1.165, 1.54) is 56.8 Å². The fourth-order valence-corrected chi connectivity index (χ4v) is 13.0. The van der Waals surface area contributed by atoms with Gasteiger partial charge in [0.1, 0.15) is 11.2 Å². The predicted octanol–water partition coefficient (Wildman–Crippen LogP) is 17.9. The Labute approximate surface area is 408 Å². The molecule has 0 aliphatic carbocycles. The van der Waals surface area contributed by atoms with Crippen molar-refractivity contribution in [1.29, 1.82) is 0 Å². The molecule has 5 aromatic heterocycles. The number of fused-ring (bicyclic) bond motifs is 12. The van der Waals surface area contributed by atoms with E-state index in [9.17, 15) is 0 Å². The highest BCUT2D eigenvalue weighted by Gasteiger charge is 2.21. The van der Waals surface area contributed by atoms with E-state index in [1.807, 2.05) is 18.2 Å². The predicted molar refractivity (Wildman–Crippen MR) is 294 cm³/mol. The molecule has 326 valence electrons. The lowest BCUT2D eigenvalue weighted by Crippen LogP contribution is -2.00. The molecule has 0 N–H and O–H groups in total. The van der Waals surface area contributed by atoms with E-state index < -0.39 is 0 Å². The van der Waals surface area contributed by atoms with Crippen LogP contribution in [0.4, 0.5) is 0 Å². The van der Waals surface area contributed by atoms with Crippen LogP contribution < -0.4 is 0 Å². The average Bonchev–Trinajstić information content (AvgIpc) is 4.19. The van der Waals surface area contributed by atoms with Crippen LogP contribution in [0.2, 0.25) is 0 Å². The van der Waals surface area contributed by atoms with Crippen molar-refractivity contribution in [3.05, 3.63) is 218 Å². The maximum absolute atomic E-state index is 6.59. The van der Waals surface area contributed by atoms with Crippen LogP contribution in [0.1, 0.15) is 0 Å². The van der Waals surface area contributed by atoms with Crippen molar-refractivity contribution in [3.8, 4) is 62.1 Å². The lowest BCUT2D eigenvalue weighted by atomic mass is 9.99. The second-order valence-electron chi connectivity index (χ2n) is 17.9. The van der Waals surface area contributed by atoms with Gasteiger partial charge in [-0.1, -0.05) is 146 Å². The summed E-state index contributed by atoms with van der Waals surface area (Å²) in [6, 6.07) is 77.9. The van der Waals surface area contributed by atoms with Crippen molar-refractivity contribution in [1.82, 2.24) is 19.5 Å². The third kappa shape index (κ3) is 6.12. The number of furan rings is 1. The normalized spacial score (nSPS) is 12.0. The van der Waals surface area contributed by atoms with E-state index in [-0.39, 0.29) is 0 Å². The maximum atomic E-state index is 6.59. The van der Waals surface area contributed by atoms with Crippen LogP contribution in [0.15, 0.2) is 223 Å². The summed E-state index contributed by atoms with van der Waals surface area (Å²) >= 11 is 3.59. The number of para-hydroxylation sites is 2. The fourth-order valence-electron chi connectivity index (χ4n) is 10.6. The molecule has 0 saturated heterocycles. The zero-order valence-electron chi connectivity index (χ0n) is 37.3. The molecule has 7 heteroatoms. The molecule has 0 unspecified atom stereocenters. The van der Waals surface area contributed by atoms with Gasteiger partial charge in [-0.3, -0.25) is 0 Å². The zero-order valence-corrected chi connectivity index (χ0v) is 38.9. The van der Waals surface area contributed by atoms with Crippen molar-refractivity contribution in [2.45, 2.75) is 0 Å². The van der Waals surface area contributed by atoms with Crippen molar-refractivity contribution < 1.29 is 4.42 Å². The van der Waals surface area contributed by atoms with Crippen molar-refractivity contribution in [2.75, 3.05) is 0 Å². The summed E-state index contributed by atoms with van der Waals surface area (Å²) in [7, 11) is 0. The molecule has 0 aliphatic rings. The highest BCUT2D eigenvalue weighted by Crippen LogP contribution is 2.44. The summed E-state index contributed by atoms with van der Waals surface area (Å²) in [5, 5.41) is 9.48. The van der Waals surface area contributed by atoms with E-state index in [1.54, 1.807) is 22.7 Å². The van der Waals surface area contributed by atoms with Gasteiger partial charge in [-0.2, -0.15) is 0 Å². The third-order valence-electron chi connectivity index (χ3n) is 13.9. The summed E-state index contributed by atoms with van der Waals surface area (Å²) in [6.07, 6.45) is 0. The van der Waals surface area contributed by atoms with Crippen LogP contribution in [-0.2, 0) is 0 Å². The molecule has 10 aromatic carbocycles. The Morgan fingerprint density at radius 1 is 0.329 bits per heavy atom. The van der Waals surface area contributed by atoms with E-state index in [2.05, 4.69) is 205 Å². The number of nitrogens with zero attached hydrogens (tertiary/aromatic N) is 4. The SMILES string of the molecule is c1ccc(-c2nc(-c3cccc4c3sc3ccccc34)nc(-c3cccc4sc5cc(-c6ccc7c(c6)oc6ccc(-c8ccc9c%10ccccc%10n(-c%10ccccc%10)c9c8)cc67)ccc5c34)n2)cc1. The molecule has 0 radical (unpaired) electrons. The summed E-state index contributed by atoms with van der Waals surface area (Å²) in [5.74, 6) is 1.98. The summed E-state index contributed by atoms with van der Waals surface area (Å²) in [6.45, 7) is 0. The number of hydrogen-bond donors (Lipinski definition) is 0. The standard InChI is InChI=1S/C63H36N4OS2/c1-3-13-37(14-4-1)61-64-62(66-63(65-61)50-21-11-19-47-46-18-8-10-23-56(46)70-60(47)50)49-20-12-24-57-59(49)48-31-27-41(36-58(48)69-57)40-26-30-45-51-33-38(28-32-54(51)68-55(45)35-40)39-25-29-44-43-17-7-9-22-52(43)67(53(44)34-39)42-15-5-2-6-16-42/h1-36H. The molecule has 15 aromatic rings. The topological polar surface area (TPSA) is 56.7 Å². The van der Waals surface area contributed by atoms with Crippen LogP contribution in [-0.4, -0.2) is 19.5 Å². The minimum Gasteiger partial charge on any atom is -0.456 e. The number of aromatic nitrogens is 4. The van der Waals surface area contributed by atoms with E-state index in [0.717, 1.165) is 72.0 Å². The fraction of sp³-hybridized carbons (Fsp3) is 0. The average molecular weight is 929 g/mol. The first-order valence-electron chi connectivity index (χ1n) is 23.4. The minimum atomic E-state index is 0.652. The van der Waals surface area contributed by atoms with Crippen LogP contribution in [0.25, 0.3) is 146 Å². The lowest BCUT2D eigenvalue weighted by molar-refractivity contribution is 0.669. The van der Waals surface area contributed by atoms with Gasteiger partial charge in [0.25, 0.3) is 0 Å². The molecule has 0 saturated carbocycles. The second-order valence-corrected chi connectivity index (χ2v) is 20.0.